The summed E-state index contributed by atoms with van der Waals surface area (Å²) in [7, 11) is 0. The molecule has 1 saturated heterocycles. The first kappa shape index (κ1) is 16.6. The Morgan fingerprint density at radius 2 is 2.11 bits per heavy atom. The Kier molecular flexibility index (Phi) is 3.65. The Morgan fingerprint density at radius 3 is 2.89 bits per heavy atom. The zero-order valence-corrected chi connectivity index (χ0v) is 15.7. The fourth-order valence-electron chi connectivity index (χ4n) is 4.22. The minimum absolute atomic E-state index is 0.0210. The van der Waals surface area contributed by atoms with Gasteiger partial charge in [0.1, 0.15) is 5.52 Å². The van der Waals surface area contributed by atoms with Crippen molar-refractivity contribution in [1.29, 1.82) is 0 Å². The number of anilines is 1. The van der Waals surface area contributed by atoms with E-state index in [1.165, 1.54) is 0 Å². The summed E-state index contributed by atoms with van der Waals surface area (Å²) in [4.78, 5) is 23.2. The van der Waals surface area contributed by atoms with E-state index in [2.05, 4.69) is 20.2 Å². The molecule has 1 aliphatic heterocycles. The van der Waals surface area contributed by atoms with Gasteiger partial charge in [0.25, 0.3) is 11.9 Å². The number of aryl methyl sites for hydroxylation is 1. The fraction of sp³-hybridized carbons (Fsp3) is 0.350. The molecule has 3 heterocycles. The number of pyridine rings is 1. The monoisotopic (exact) mass is 382 g/mol. The standard InChI is InChI=1S/C20H19ClN4O2/c1-12-6-13(4-5-22-12)18(26)23-15-8-20(9-15)10-25(11-20)19-24-16-7-14(21)2-3-17(16)27-19/h2-7,15H,8-11H2,1H3,(H,23,26). The van der Waals surface area contributed by atoms with Crippen molar-refractivity contribution < 1.29 is 9.21 Å². The van der Waals surface area contributed by atoms with Crippen LogP contribution in [0.25, 0.3) is 11.1 Å². The van der Waals surface area contributed by atoms with Crippen molar-refractivity contribution in [3.05, 3.63) is 52.8 Å². The van der Waals surface area contributed by atoms with E-state index in [1.807, 2.05) is 25.1 Å². The molecule has 0 unspecified atom stereocenters. The second-order valence-corrected chi connectivity index (χ2v) is 8.17. The number of halogens is 1. The second-order valence-electron chi connectivity index (χ2n) is 7.73. The number of carbonyl (C=O) groups excluding carboxylic acids is 1. The van der Waals surface area contributed by atoms with E-state index < -0.39 is 0 Å². The Hall–Kier alpha value is -2.60. The number of nitrogens with zero attached hydrogens (tertiary/aromatic N) is 3. The van der Waals surface area contributed by atoms with Gasteiger partial charge in [0.2, 0.25) is 0 Å². The predicted molar refractivity (Wildman–Crippen MR) is 103 cm³/mol. The van der Waals surface area contributed by atoms with Gasteiger partial charge < -0.3 is 14.6 Å². The molecule has 1 N–H and O–H groups in total. The molecule has 1 aromatic carbocycles. The van der Waals surface area contributed by atoms with Gasteiger partial charge >= 0.3 is 0 Å². The van der Waals surface area contributed by atoms with E-state index in [0.717, 1.165) is 42.7 Å². The zero-order valence-electron chi connectivity index (χ0n) is 14.9. The largest absolute Gasteiger partial charge is 0.423 e. The molecule has 1 aliphatic carbocycles. The molecule has 1 spiro atoms. The van der Waals surface area contributed by atoms with Crippen LogP contribution in [0, 0.1) is 12.3 Å². The lowest BCUT2D eigenvalue weighted by Gasteiger charge is -2.58. The third kappa shape index (κ3) is 2.94. The lowest BCUT2D eigenvalue weighted by Crippen LogP contribution is -2.66. The minimum atomic E-state index is -0.0210. The Balaban J connectivity index is 1.18. The number of benzene rings is 1. The SMILES string of the molecule is Cc1cc(C(=O)NC2CC3(C2)CN(c2nc4cc(Cl)ccc4o2)C3)ccn1. The molecule has 5 rings (SSSR count). The van der Waals surface area contributed by atoms with Crippen LogP contribution in [0.3, 0.4) is 0 Å². The number of oxazole rings is 1. The molecular weight excluding hydrogens is 364 g/mol. The summed E-state index contributed by atoms with van der Waals surface area (Å²) >= 11 is 6.01. The van der Waals surface area contributed by atoms with Crippen LogP contribution in [-0.2, 0) is 0 Å². The highest BCUT2D eigenvalue weighted by molar-refractivity contribution is 6.31. The van der Waals surface area contributed by atoms with Crippen LogP contribution in [0.1, 0.15) is 28.9 Å². The Morgan fingerprint density at radius 1 is 1.30 bits per heavy atom. The average molecular weight is 383 g/mol. The van der Waals surface area contributed by atoms with Crippen LogP contribution in [0.4, 0.5) is 6.01 Å². The molecular formula is C20H19ClN4O2. The van der Waals surface area contributed by atoms with E-state index in [4.69, 9.17) is 16.0 Å². The first-order chi connectivity index (χ1) is 13.0. The molecule has 138 valence electrons. The normalized spacial score (nSPS) is 18.4. The Labute approximate surface area is 161 Å². The van der Waals surface area contributed by atoms with Crippen LogP contribution in [0.15, 0.2) is 40.9 Å². The van der Waals surface area contributed by atoms with Gasteiger partial charge in [0.15, 0.2) is 5.58 Å². The van der Waals surface area contributed by atoms with Gasteiger partial charge in [-0.3, -0.25) is 9.78 Å². The van der Waals surface area contributed by atoms with Crippen molar-refractivity contribution >= 4 is 34.6 Å². The van der Waals surface area contributed by atoms with Crippen molar-refractivity contribution in [2.75, 3.05) is 18.0 Å². The van der Waals surface area contributed by atoms with Crippen LogP contribution in [0.2, 0.25) is 5.02 Å². The molecule has 2 fully saturated rings. The van der Waals surface area contributed by atoms with Crippen LogP contribution in [-0.4, -0.2) is 35.0 Å². The minimum Gasteiger partial charge on any atom is -0.423 e. The van der Waals surface area contributed by atoms with Gasteiger partial charge in [0, 0.05) is 47.0 Å². The van der Waals surface area contributed by atoms with Gasteiger partial charge in [-0.05, 0) is 50.1 Å². The molecule has 2 aromatic heterocycles. The number of hydrogen-bond donors (Lipinski definition) is 1. The summed E-state index contributed by atoms with van der Waals surface area (Å²) in [6.07, 6.45) is 3.65. The molecule has 0 atom stereocenters. The molecule has 6 nitrogen and oxygen atoms in total. The molecule has 1 saturated carbocycles. The summed E-state index contributed by atoms with van der Waals surface area (Å²) in [5.74, 6) is -0.0210. The molecule has 0 radical (unpaired) electrons. The van der Waals surface area contributed by atoms with Crippen LogP contribution in [0.5, 0.6) is 0 Å². The first-order valence-electron chi connectivity index (χ1n) is 9.04. The van der Waals surface area contributed by atoms with E-state index in [9.17, 15) is 4.79 Å². The number of carbonyl (C=O) groups is 1. The number of nitrogens with one attached hydrogen (secondary N) is 1. The van der Waals surface area contributed by atoms with E-state index >= 15 is 0 Å². The van der Waals surface area contributed by atoms with E-state index in [1.54, 1.807) is 18.3 Å². The zero-order chi connectivity index (χ0) is 18.6. The Bertz CT molecular complexity index is 1030. The highest BCUT2D eigenvalue weighted by Gasteiger charge is 2.53. The van der Waals surface area contributed by atoms with Crippen molar-refractivity contribution in [2.45, 2.75) is 25.8 Å². The van der Waals surface area contributed by atoms with Crippen LogP contribution < -0.4 is 10.2 Å². The quantitative estimate of drug-likeness (QED) is 0.749. The summed E-state index contributed by atoms with van der Waals surface area (Å²) in [6, 6.07) is 9.91. The molecule has 0 bridgehead atoms. The third-order valence-electron chi connectivity index (χ3n) is 5.51. The maximum Gasteiger partial charge on any atom is 0.298 e. The van der Waals surface area contributed by atoms with Gasteiger partial charge in [-0.25, -0.2) is 0 Å². The maximum atomic E-state index is 12.3. The van der Waals surface area contributed by atoms with Crippen molar-refractivity contribution in [3.8, 4) is 0 Å². The smallest absolute Gasteiger partial charge is 0.298 e. The number of fused-ring (bicyclic) bond motifs is 1. The van der Waals surface area contributed by atoms with Crippen LogP contribution >= 0.6 is 11.6 Å². The lowest BCUT2D eigenvalue weighted by molar-refractivity contribution is 0.0414. The van der Waals surface area contributed by atoms with E-state index in [-0.39, 0.29) is 17.4 Å². The van der Waals surface area contributed by atoms with Gasteiger partial charge in [-0.2, -0.15) is 4.98 Å². The van der Waals surface area contributed by atoms with Crippen molar-refractivity contribution in [2.24, 2.45) is 5.41 Å². The maximum absolute atomic E-state index is 12.3. The summed E-state index contributed by atoms with van der Waals surface area (Å²) in [5, 5.41) is 3.78. The van der Waals surface area contributed by atoms with Crippen molar-refractivity contribution in [1.82, 2.24) is 15.3 Å². The predicted octanol–water partition coefficient (Wildman–Crippen LogP) is 3.58. The summed E-state index contributed by atoms with van der Waals surface area (Å²) < 4.78 is 5.83. The van der Waals surface area contributed by atoms with Gasteiger partial charge in [-0.1, -0.05) is 11.6 Å². The topological polar surface area (TPSA) is 71.3 Å². The fourth-order valence-corrected chi connectivity index (χ4v) is 4.39. The lowest BCUT2D eigenvalue weighted by atomic mass is 9.60. The highest BCUT2D eigenvalue weighted by atomic mass is 35.5. The molecule has 1 amide bonds. The first-order valence-corrected chi connectivity index (χ1v) is 9.42. The second kappa shape index (κ2) is 5.96. The molecule has 2 aliphatic rings. The number of rotatable bonds is 3. The summed E-state index contributed by atoms with van der Waals surface area (Å²) in [6.45, 7) is 3.71. The van der Waals surface area contributed by atoms with Crippen molar-refractivity contribution in [3.63, 3.8) is 0 Å². The van der Waals surface area contributed by atoms with Gasteiger partial charge in [0.05, 0.1) is 0 Å². The molecule has 7 heteroatoms. The molecule has 3 aromatic rings. The van der Waals surface area contributed by atoms with Gasteiger partial charge in [-0.15, -0.1) is 0 Å². The highest BCUT2D eigenvalue weighted by Crippen LogP contribution is 2.49. The number of amides is 1. The summed E-state index contributed by atoms with van der Waals surface area (Å²) in [5.41, 5.74) is 3.32. The third-order valence-corrected chi connectivity index (χ3v) is 5.75. The number of aromatic nitrogens is 2. The average Bonchev–Trinajstić information content (AvgIpc) is 2.98. The number of hydrogen-bond acceptors (Lipinski definition) is 5. The van der Waals surface area contributed by atoms with E-state index in [0.29, 0.717) is 16.6 Å². The molecule has 27 heavy (non-hydrogen) atoms.